The Balaban J connectivity index is 1.65. The van der Waals surface area contributed by atoms with Crippen LogP contribution in [0.15, 0.2) is 57.9 Å². The number of hydrogen-bond acceptors (Lipinski definition) is 5. The number of aromatic nitrogens is 4. The second-order valence-electron chi connectivity index (χ2n) is 5.93. The van der Waals surface area contributed by atoms with Crippen LogP contribution >= 0.6 is 23.1 Å². The lowest BCUT2D eigenvalue weighted by Gasteiger charge is -2.14. The minimum absolute atomic E-state index is 0.199. The highest BCUT2D eigenvalue weighted by Gasteiger charge is 2.30. The van der Waals surface area contributed by atoms with Crippen molar-refractivity contribution in [3.05, 3.63) is 64.2 Å². The lowest BCUT2D eigenvalue weighted by molar-refractivity contribution is -0.141. The van der Waals surface area contributed by atoms with E-state index in [1.165, 1.54) is 17.5 Å². The number of thiophene rings is 1. The van der Waals surface area contributed by atoms with Gasteiger partial charge >= 0.3 is 6.18 Å². The molecule has 10 heteroatoms. The van der Waals surface area contributed by atoms with Crippen LogP contribution in [-0.4, -0.2) is 25.7 Å². The Morgan fingerprint density at radius 3 is 2.71 bits per heavy atom. The van der Waals surface area contributed by atoms with Gasteiger partial charge in [-0.05, 0) is 17.0 Å². The zero-order chi connectivity index (χ0) is 19.7. The molecule has 0 radical (unpaired) electrons. The number of aromatic amines is 1. The molecule has 0 bridgehead atoms. The van der Waals surface area contributed by atoms with Crippen molar-refractivity contribution < 1.29 is 13.2 Å². The summed E-state index contributed by atoms with van der Waals surface area (Å²) in [6.07, 6.45) is -2.96. The lowest BCUT2D eigenvalue weighted by atomic mass is 10.2. The molecule has 0 spiro atoms. The van der Waals surface area contributed by atoms with Gasteiger partial charge in [0.05, 0.1) is 23.2 Å². The molecule has 1 N–H and O–H groups in total. The molecule has 0 saturated carbocycles. The van der Waals surface area contributed by atoms with Gasteiger partial charge in [-0.25, -0.2) is 9.97 Å². The molecular formula is C18H13F3N4OS2. The second kappa shape index (κ2) is 7.44. The molecule has 4 rings (SSSR count). The topological polar surface area (TPSA) is 63.6 Å². The van der Waals surface area contributed by atoms with E-state index in [1.807, 2.05) is 0 Å². The molecule has 28 heavy (non-hydrogen) atoms. The van der Waals surface area contributed by atoms with Gasteiger partial charge in [-0.1, -0.05) is 42.1 Å². The van der Waals surface area contributed by atoms with Crippen molar-refractivity contribution in [2.24, 2.45) is 0 Å². The largest absolute Gasteiger partial charge is 0.406 e. The zero-order valence-corrected chi connectivity index (χ0v) is 15.9. The molecule has 0 saturated heterocycles. The lowest BCUT2D eigenvalue weighted by Crippen LogP contribution is -2.19. The Morgan fingerprint density at radius 2 is 1.96 bits per heavy atom. The SMILES string of the molecule is O=c1[nH]c(CSc2ncc(-c3ccccc3)n2CC(F)(F)F)nc2ccsc12. The van der Waals surface area contributed by atoms with Gasteiger partial charge in [-0.2, -0.15) is 13.2 Å². The van der Waals surface area contributed by atoms with Gasteiger partial charge in [0, 0.05) is 0 Å². The van der Waals surface area contributed by atoms with Crippen molar-refractivity contribution in [3.63, 3.8) is 0 Å². The van der Waals surface area contributed by atoms with Crippen molar-refractivity contribution in [2.75, 3.05) is 0 Å². The van der Waals surface area contributed by atoms with E-state index >= 15 is 0 Å². The van der Waals surface area contributed by atoms with Crippen LogP contribution in [0.4, 0.5) is 13.2 Å². The van der Waals surface area contributed by atoms with E-state index in [-0.39, 0.29) is 16.5 Å². The molecule has 0 aliphatic carbocycles. The molecule has 0 amide bonds. The average molecular weight is 422 g/mol. The molecule has 0 unspecified atom stereocenters. The summed E-state index contributed by atoms with van der Waals surface area (Å²) in [5, 5.41) is 1.98. The van der Waals surface area contributed by atoms with E-state index in [0.717, 1.165) is 16.3 Å². The van der Waals surface area contributed by atoms with Crippen LogP contribution in [0, 0.1) is 0 Å². The van der Waals surface area contributed by atoms with E-state index in [4.69, 9.17) is 0 Å². The first-order chi connectivity index (χ1) is 13.4. The third-order valence-electron chi connectivity index (χ3n) is 3.93. The second-order valence-corrected chi connectivity index (χ2v) is 7.79. The first kappa shape index (κ1) is 18.8. The van der Waals surface area contributed by atoms with E-state index < -0.39 is 12.7 Å². The molecule has 5 nitrogen and oxygen atoms in total. The predicted molar refractivity (Wildman–Crippen MR) is 104 cm³/mol. The highest BCUT2D eigenvalue weighted by Crippen LogP contribution is 2.31. The number of rotatable bonds is 5. The zero-order valence-electron chi connectivity index (χ0n) is 14.2. The fourth-order valence-corrected chi connectivity index (χ4v) is 4.34. The molecule has 0 aliphatic rings. The molecule has 0 aliphatic heterocycles. The Kier molecular flexibility index (Phi) is 4.98. The maximum Gasteiger partial charge on any atom is 0.406 e. The molecule has 3 heterocycles. The standard InChI is InChI=1S/C18H13F3N4OS2/c19-18(20,21)10-25-13(11-4-2-1-3-5-11)8-22-17(25)28-9-14-23-12-6-7-27-15(12)16(26)24-14/h1-8H,9-10H2,(H,23,24,26). The normalized spacial score (nSPS) is 12.0. The summed E-state index contributed by atoms with van der Waals surface area (Å²) in [5.74, 6) is 0.591. The van der Waals surface area contributed by atoms with Gasteiger partial charge in [-0.15, -0.1) is 11.3 Å². The van der Waals surface area contributed by atoms with Gasteiger partial charge in [0.2, 0.25) is 0 Å². The molecular weight excluding hydrogens is 409 g/mol. The Bertz CT molecular complexity index is 1170. The highest BCUT2D eigenvalue weighted by molar-refractivity contribution is 7.98. The number of benzene rings is 1. The van der Waals surface area contributed by atoms with Crippen LogP contribution in [0.25, 0.3) is 21.5 Å². The van der Waals surface area contributed by atoms with Crippen molar-refractivity contribution >= 4 is 33.3 Å². The number of H-pyrrole nitrogens is 1. The summed E-state index contributed by atoms with van der Waals surface area (Å²) in [7, 11) is 0. The summed E-state index contributed by atoms with van der Waals surface area (Å²) in [6.45, 7) is -1.15. The van der Waals surface area contributed by atoms with E-state index in [9.17, 15) is 18.0 Å². The van der Waals surface area contributed by atoms with Crippen molar-refractivity contribution in [2.45, 2.75) is 23.6 Å². The summed E-state index contributed by atoms with van der Waals surface area (Å²) in [4.78, 5) is 23.3. The molecule has 1 aromatic carbocycles. The van der Waals surface area contributed by atoms with Crippen LogP contribution in [0.1, 0.15) is 5.82 Å². The maximum atomic E-state index is 13.1. The number of hydrogen-bond donors (Lipinski definition) is 1. The number of halogens is 3. The van der Waals surface area contributed by atoms with Crippen LogP contribution in [0.3, 0.4) is 0 Å². The number of fused-ring (bicyclic) bond motifs is 1. The average Bonchev–Trinajstić information content (AvgIpc) is 3.27. The summed E-state index contributed by atoms with van der Waals surface area (Å²) in [5.41, 5.74) is 1.36. The monoisotopic (exact) mass is 422 g/mol. The van der Waals surface area contributed by atoms with Gasteiger partial charge in [0.1, 0.15) is 17.1 Å². The Morgan fingerprint density at radius 1 is 1.18 bits per heavy atom. The molecule has 144 valence electrons. The number of thioether (sulfide) groups is 1. The van der Waals surface area contributed by atoms with E-state index in [1.54, 1.807) is 41.8 Å². The number of nitrogens with one attached hydrogen (secondary N) is 1. The fourth-order valence-electron chi connectivity index (χ4n) is 2.77. The van der Waals surface area contributed by atoms with Crippen LogP contribution < -0.4 is 5.56 Å². The maximum absolute atomic E-state index is 13.1. The fraction of sp³-hybridized carbons (Fsp3) is 0.167. The molecule has 3 aromatic heterocycles. The van der Waals surface area contributed by atoms with Crippen LogP contribution in [-0.2, 0) is 12.3 Å². The molecule has 0 atom stereocenters. The smallest absolute Gasteiger partial charge is 0.310 e. The Hall–Kier alpha value is -2.59. The van der Waals surface area contributed by atoms with Crippen LogP contribution in [0.2, 0.25) is 0 Å². The summed E-state index contributed by atoms with van der Waals surface area (Å²) >= 11 is 2.39. The number of nitrogens with zero attached hydrogens (tertiary/aromatic N) is 3. The Labute approximate surface area is 165 Å². The van der Waals surface area contributed by atoms with E-state index in [0.29, 0.717) is 27.3 Å². The van der Waals surface area contributed by atoms with Crippen molar-refractivity contribution in [3.8, 4) is 11.3 Å². The quantitative estimate of drug-likeness (QED) is 0.474. The van der Waals surface area contributed by atoms with E-state index in [2.05, 4.69) is 15.0 Å². The molecule has 4 aromatic rings. The van der Waals surface area contributed by atoms with Gasteiger partial charge in [-0.3, -0.25) is 4.79 Å². The van der Waals surface area contributed by atoms with Gasteiger partial charge < -0.3 is 9.55 Å². The third-order valence-corrected chi connectivity index (χ3v) is 5.83. The number of alkyl halides is 3. The number of imidazole rings is 1. The predicted octanol–water partition coefficient (Wildman–Crippen LogP) is 4.70. The van der Waals surface area contributed by atoms with Gasteiger partial charge in [0.15, 0.2) is 5.16 Å². The first-order valence-electron chi connectivity index (χ1n) is 8.17. The van der Waals surface area contributed by atoms with Crippen molar-refractivity contribution in [1.82, 2.24) is 19.5 Å². The first-order valence-corrected chi connectivity index (χ1v) is 10.0. The summed E-state index contributed by atoms with van der Waals surface area (Å²) in [6, 6.07) is 10.5. The van der Waals surface area contributed by atoms with Crippen molar-refractivity contribution in [1.29, 1.82) is 0 Å². The third kappa shape index (κ3) is 3.97. The van der Waals surface area contributed by atoms with Crippen LogP contribution in [0.5, 0.6) is 0 Å². The molecule has 0 fully saturated rings. The minimum Gasteiger partial charge on any atom is -0.310 e. The van der Waals surface area contributed by atoms with Gasteiger partial charge in [0.25, 0.3) is 5.56 Å². The minimum atomic E-state index is -4.39. The summed E-state index contributed by atoms with van der Waals surface area (Å²) < 4.78 is 41.1. The highest BCUT2D eigenvalue weighted by atomic mass is 32.2.